The smallest absolute Gasteiger partial charge is 0.406 e. The Bertz CT molecular complexity index is 964. The summed E-state index contributed by atoms with van der Waals surface area (Å²) >= 11 is 0. The number of carbonyl (C=O) groups excluding carboxylic acids is 3. The van der Waals surface area contributed by atoms with Crippen molar-refractivity contribution in [2.75, 3.05) is 13.1 Å². The number of hydrogen-bond donors (Lipinski definition) is 2. The molecule has 0 spiro atoms. The van der Waals surface area contributed by atoms with E-state index in [-0.39, 0.29) is 5.56 Å². The number of benzene rings is 2. The fourth-order valence-electron chi connectivity index (χ4n) is 3.22. The van der Waals surface area contributed by atoms with Crippen LogP contribution in [-0.4, -0.2) is 42.2 Å². The van der Waals surface area contributed by atoms with Gasteiger partial charge in [-0.05, 0) is 36.6 Å². The van der Waals surface area contributed by atoms with E-state index in [1.54, 1.807) is 0 Å². The van der Waals surface area contributed by atoms with Crippen LogP contribution in [0.1, 0.15) is 18.1 Å². The van der Waals surface area contributed by atoms with Gasteiger partial charge in [-0.3, -0.25) is 14.5 Å². The molecule has 0 aliphatic carbocycles. The summed E-state index contributed by atoms with van der Waals surface area (Å²) in [4.78, 5) is 38.1. The van der Waals surface area contributed by atoms with E-state index in [4.69, 9.17) is 0 Å². The zero-order valence-corrected chi connectivity index (χ0v) is 16.5. The summed E-state index contributed by atoms with van der Waals surface area (Å²) in [5.41, 5.74) is -0.228. The van der Waals surface area contributed by atoms with Crippen LogP contribution in [0.15, 0.2) is 54.6 Å². The number of ether oxygens (including phenoxy) is 1. The predicted octanol–water partition coefficient (Wildman–Crippen LogP) is 2.71. The van der Waals surface area contributed by atoms with Crippen LogP contribution < -0.4 is 15.4 Å². The zero-order valence-electron chi connectivity index (χ0n) is 16.5. The van der Waals surface area contributed by atoms with Gasteiger partial charge >= 0.3 is 12.4 Å². The number of amides is 4. The molecule has 1 atom stereocenters. The van der Waals surface area contributed by atoms with Crippen molar-refractivity contribution in [1.29, 1.82) is 0 Å². The lowest BCUT2D eigenvalue weighted by Crippen LogP contribution is -2.43. The predicted molar refractivity (Wildman–Crippen MR) is 104 cm³/mol. The minimum Gasteiger partial charge on any atom is -0.406 e. The number of urea groups is 1. The van der Waals surface area contributed by atoms with E-state index in [9.17, 15) is 27.6 Å². The molecule has 0 saturated carbocycles. The van der Waals surface area contributed by atoms with Crippen LogP contribution in [0.25, 0.3) is 0 Å². The Morgan fingerprint density at radius 1 is 1.10 bits per heavy atom. The quantitative estimate of drug-likeness (QED) is 0.655. The SMILES string of the molecule is CC1(c2ccc(OC(F)(F)F)cc2)NC(=O)N(CC(=O)NCCc2ccccc2)C1=O. The molecule has 2 aromatic rings. The second-order valence-corrected chi connectivity index (χ2v) is 7.10. The largest absolute Gasteiger partial charge is 0.573 e. The molecular formula is C21H20F3N3O4. The Morgan fingerprint density at radius 3 is 2.35 bits per heavy atom. The van der Waals surface area contributed by atoms with Crippen molar-refractivity contribution in [2.24, 2.45) is 0 Å². The molecule has 7 nitrogen and oxygen atoms in total. The van der Waals surface area contributed by atoms with Crippen molar-refractivity contribution in [3.8, 4) is 5.75 Å². The fourth-order valence-corrected chi connectivity index (χ4v) is 3.22. The van der Waals surface area contributed by atoms with E-state index >= 15 is 0 Å². The summed E-state index contributed by atoms with van der Waals surface area (Å²) in [6.07, 6.45) is -4.25. The molecule has 1 heterocycles. The van der Waals surface area contributed by atoms with Gasteiger partial charge in [0.2, 0.25) is 5.91 Å². The molecule has 1 aliphatic rings. The summed E-state index contributed by atoms with van der Waals surface area (Å²) in [5.74, 6) is -1.64. The third kappa shape index (κ3) is 5.33. The van der Waals surface area contributed by atoms with E-state index in [1.807, 2.05) is 30.3 Å². The lowest BCUT2D eigenvalue weighted by molar-refractivity contribution is -0.274. The molecule has 10 heteroatoms. The minimum absolute atomic E-state index is 0.257. The standard InChI is InChI=1S/C21H20F3N3O4/c1-20(15-7-9-16(10-8-15)31-21(22,23)24)18(29)27(19(30)26-20)13-17(28)25-12-11-14-5-3-2-4-6-14/h2-10H,11-13H2,1H3,(H,25,28)(H,26,30). The minimum atomic E-state index is -4.84. The van der Waals surface area contributed by atoms with Gasteiger partial charge in [0.15, 0.2) is 0 Å². The molecule has 0 radical (unpaired) electrons. The maximum atomic E-state index is 12.8. The third-order valence-electron chi connectivity index (χ3n) is 4.82. The number of nitrogens with zero attached hydrogens (tertiary/aromatic N) is 1. The van der Waals surface area contributed by atoms with E-state index in [1.165, 1.54) is 19.1 Å². The molecule has 4 amide bonds. The number of alkyl halides is 3. The first-order chi connectivity index (χ1) is 14.6. The maximum Gasteiger partial charge on any atom is 0.573 e. The van der Waals surface area contributed by atoms with Crippen molar-refractivity contribution >= 4 is 17.8 Å². The van der Waals surface area contributed by atoms with Crippen LogP contribution in [0.4, 0.5) is 18.0 Å². The molecule has 2 N–H and O–H groups in total. The number of nitrogens with one attached hydrogen (secondary N) is 2. The van der Waals surface area contributed by atoms with Crippen LogP contribution in [0.2, 0.25) is 0 Å². The third-order valence-corrected chi connectivity index (χ3v) is 4.82. The van der Waals surface area contributed by atoms with Crippen molar-refractivity contribution < 1.29 is 32.3 Å². The highest BCUT2D eigenvalue weighted by Gasteiger charge is 2.49. The molecule has 2 aromatic carbocycles. The normalized spacial score (nSPS) is 18.6. The molecule has 0 bridgehead atoms. The summed E-state index contributed by atoms with van der Waals surface area (Å²) < 4.78 is 40.7. The van der Waals surface area contributed by atoms with Crippen molar-refractivity contribution in [1.82, 2.24) is 15.5 Å². The average molecular weight is 435 g/mol. The Balaban J connectivity index is 1.61. The highest BCUT2D eigenvalue weighted by molar-refractivity contribution is 6.09. The van der Waals surface area contributed by atoms with Gasteiger partial charge in [-0.2, -0.15) is 0 Å². The van der Waals surface area contributed by atoms with E-state index in [2.05, 4.69) is 15.4 Å². The van der Waals surface area contributed by atoms with Crippen LogP contribution in [0.3, 0.4) is 0 Å². The first-order valence-electron chi connectivity index (χ1n) is 9.39. The Labute approximate surface area is 176 Å². The topological polar surface area (TPSA) is 87.7 Å². The molecule has 31 heavy (non-hydrogen) atoms. The van der Waals surface area contributed by atoms with Crippen LogP contribution >= 0.6 is 0 Å². The van der Waals surface area contributed by atoms with Gasteiger partial charge in [-0.15, -0.1) is 13.2 Å². The molecule has 164 valence electrons. The van der Waals surface area contributed by atoms with Crippen LogP contribution in [0.5, 0.6) is 5.75 Å². The molecule has 1 unspecified atom stereocenters. The zero-order chi connectivity index (χ0) is 22.6. The lowest BCUT2D eigenvalue weighted by atomic mass is 9.92. The lowest BCUT2D eigenvalue weighted by Gasteiger charge is -2.22. The van der Waals surface area contributed by atoms with Crippen molar-refractivity contribution in [3.63, 3.8) is 0 Å². The average Bonchev–Trinajstić information content (AvgIpc) is 2.92. The van der Waals surface area contributed by atoms with Crippen molar-refractivity contribution in [3.05, 3.63) is 65.7 Å². The van der Waals surface area contributed by atoms with Crippen LogP contribution in [-0.2, 0) is 21.5 Å². The number of hydrogen-bond acceptors (Lipinski definition) is 4. The summed E-state index contributed by atoms with van der Waals surface area (Å²) in [7, 11) is 0. The monoisotopic (exact) mass is 435 g/mol. The summed E-state index contributed by atoms with van der Waals surface area (Å²) in [6, 6.07) is 13.3. The molecule has 3 rings (SSSR count). The first kappa shape index (κ1) is 22.1. The van der Waals surface area contributed by atoms with E-state index in [0.717, 1.165) is 22.6 Å². The summed E-state index contributed by atoms with van der Waals surface area (Å²) in [5, 5.41) is 5.16. The highest BCUT2D eigenvalue weighted by atomic mass is 19.4. The number of imide groups is 1. The molecular weight excluding hydrogens is 415 g/mol. The van der Waals surface area contributed by atoms with Crippen molar-refractivity contribution in [2.45, 2.75) is 25.2 Å². The van der Waals surface area contributed by atoms with Gasteiger partial charge in [-0.1, -0.05) is 42.5 Å². The first-order valence-corrected chi connectivity index (χ1v) is 9.39. The van der Waals surface area contributed by atoms with Gasteiger partial charge in [0.05, 0.1) is 0 Å². The number of halogens is 3. The van der Waals surface area contributed by atoms with E-state index in [0.29, 0.717) is 13.0 Å². The second kappa shape index (κ2) is 8.66. The van der Waals surface area contributed by atoms with Crippen LogP contribution in [0, 0.1) is 0 Å². The van der Waals surface area contributed by atoms with Gasteiger partial charge in [0.1, 0.15) is 17.8 Å². The Morgan fingerprint density at radius 2 is 1.74 bits per heavy atom. The number of rotatable bonds is 7. The maximum absolute atomic E-state index is 12.8. The van der Waals surface area contributed by atoms with Gasteiger partial charge in [0, 0.05) is 6.54 Å². The van der Waals surface area contributed by atoms with Gasteiger partial charge < -0.3 is 15.4 Å². The number of carbonyl (C=O) groups is 3. The Hall–Kier alpha value is -3.56. The summed E-state index contributed by atoms with van der Waals surface area (Å²) in [6.45, 7) is 1.29. The highest BCUT2D eigenvalue weighted by Crippen LogP contribution is 2.31. The van der Waals surface area contributed by atoms with E-state index < -0.39 is 42.0 Å². The molecule has 1 fully saturated rings. The van der Waals surface area contributed by atoms with Gasteiger partial charge in [0.25, 0.3) is 5.91 Å². The fraction of sp³-hybridized carbons (Fsp3) is 0.286. The molecule has 1 aliphatic heterocycles. The Kier molecular flexibility index (Phi) is 6.19. The molecule has 1 saturated heterocycles. The molecule has 0 aromatic heterocycles. The van der Waals surface area contributed by atoms with Gasteiger partial charge in [-0.25, -0.2) is 4.79 Å². The second-order valence-electron chi connectivity index (χ2n) is 7.10.